The third kappa shape index (κ3) is 3.15. The van der Waals surface area contributed by atoms with Gasteiger partial charge in [0.15, 0.2) is 11.6 Å². The van der Waals surface area contributed by atoms with Crippen LogP contribution in [0.1, 0.15) is 20.3 Å². The van der Waals surface area contributed by atoms with E-state index >= 15 is 0 Å². The molecule has 0 amide bonds. The molecular weight excluding hydrogens is 228 g/mol. The Hall–Kier alpha value is -1.65. The minimum atomic E-state index is -0.944. The van der Waals surface area contributed by atoms with Crippen LogP contribution in [0.25, 0.3) is 0 Å². The van der Waals surface area contributed by atoms with Crippen molar-refractivity contribution in [1.82, 2.24) is 0 Å². The fraction of sp³-hybridized carbons (Fsp3) is 0.417. The van der Waals surface area contributed by atoms with Crippen LogP contribution in [-0.4, -0.2) is 23.7 Å². The van der Waals surface area contributed by atoms with E-state index in [4.69, 9.17) is 5.11 Å². The second kappa shape index (κ2) is 4.69. The summed E-state index contributed by atoms with van der Waals surface area (Å²) >= 11 is 0. The number of anilines is 1. The van der Waals surface area contributed by atoms with Crippen LogP contribution in [0.3, 0.4) is 0 Å². The van der Waals surface area contributed by atoms with Crippen LogP contribution in [0.2, 0.25) is 0 Å². The molecule has 0 fully saturated rings. The maximum atomic E-state index is 13.1. The lowest BCUT2D eigenvalue weighted by Gasteiger charge is -2.36. The summed E-state index contributed by atoms with van der Waals surface area (Å²) < 4.78 is 25.9. The van der Waals surface area contributed by atoms with E-state index in [-0.39, 0.29) is 6.42 Å². The Bertz CT molecular complexity index is 433. The third-order valence-electron chi connectivity index (χ3n) is 2.78. The molecule has 1 aromatic carbocycles. The van der Waals surface area contributed by atoms with Crippen LogP contribution in [0.15, 0.2) is 18.2 Å². The molecule has 1 N–H and O–H groups in total. The smallest absolute Gasteiger partial charge is 0.305 e. The van der Waals surface area contributed by atoms with E-state index in [9.17, 15) is 13.6 Å². The first kappa shape index (κ1) is 13.4. The number of hydrogen-bond acceptors (Lipinski definition) is 2. The number of carboxylic acid groups (broad SMARTS) is 1. The Morgan fingerprint density at radius 3 is 2.41 bits per heavy atom. The number of carboxylic acids is 1. The normalized spacial score (nSPS) is 11.4. The zero-order valence-corrected chi connectivity index (χ0v) is 10.00. The first-order chi connectivity index (χ1) is 7.74. The molecular formula is C12H15F2NO2. The van der Waals surface area contributed by atoms with Gasteiger partial charge in [-0.2, -0.15) is 0 Å². The first-order valence-corrected chi connectivity index (χ1v) is 5.15. The van der Waals surface area contributed by atoms with Gasteiger partial charge < -0.3 is 10.0 Å². The molecule has 0 saturated heterocycles. The van der Waals surface area contributed by atoms with Crippen molar-refractivity contribution >= 4 is 11.7 Å². The maximum absolute atomic E-state index is 13.1. The molecule has 0 spiro atoms. The van der Waals surface area contributed by atoms with Gasteiger partial charge in [0.1, 0.15) is 0 Å². The Morgan fingerprint density at radius 2 is 1.94 bits per heavy atom. The van der Waals surface area contributed by atoms with Crippen molar-refractivity contribution in [1.29, 1.82) is 0 Å². The highest BCUT2D eigenvalue weighted by molar-refractivity contribution is 5.69. The number of hydrogen-bond donors (Lipinski definition) is 1. The van der Waals surface area contributed by atoms with E-state index in [0.717, 1.165) is 12.1 Å². The van der Waals surface area contributed by atoms with Crippen molar-refractivity contribution in [3.8, 4) is 0 Å². The molecule has 0 unspecified atom stereocenters. The van der Waals surface area contributed by atoms with Gasteiger partial charge in [0.05, 0.1) is 6.42 Å². The Kier molecular flexibility index (Phi) is 3.70. The van der Waals surface area contributed by atoms with Gasteiger partial charge in [0, 0.05) is 24.3 Å². The summed E-state index contributed by atoms with van der Waals surface area (Å²) in [6, 6.07) is 3.50. The zero-order valence-electron chi connectivity index (χ0n) is 10.00. The number of aliphatic carboxylic acids is 1. The van der Waals surface area contributed by atoms with Gasteiger partial charge in [-0.15, -0.1) is 0 Å². The van der Waals surface area contributed by atoms with Gasteiger partial charge >= 0.3 is 5.97 Å². The summed E-state index contributed by atoms with van der Waals surface area (Å²) in [4.78, 5) is 12.3. The summed E-state index contributed by atoms with van der Waals surface area (Å²) in [6.07, 6.45) is -0.0947. The van der Waals surface area contributed by atoms with E-state index in [2.05, 4.69) is 0 Å². The van der Waals surface area contributed by atoms with Crippen molar-refractivity contribution in [2.45, 2.75) is 25.8 Å². The molecule has 0 atom stereocenters. The topological polar surface area (TPSA) is 40.5 Å². The fourth-order valence-corrected chi connectivity index (χ4v) is 1.53. The van der Waals surface area contributed by atoms with E-state index in [0.29, 0.717) is 5.69 Å². The number of rotatable bonds is 4. The quantitative estimate of drug-likeness (QED) is 0.883. The average Bonchev–Trinajstić information content (AvgIpc) is 2.19. The summed E-state index contributed by atoms with van der Waals surface area (Å²) in [5, 5.41) is 8.78. The Labute approximate surface area is 98.7 Å². The molecule has 5 heteroatoms. The van der Waals surface area contributed by atoms with Crippen LogP contribution in [0.5, 0.6) is 0 Å². The van der Waals surface area contributed by atoms with Crippen molar-refractivity contribution in [3.63, 3.8) is 0 Å². The van der Waals surface area contributed by atoms with Gasteiger partial charge in [-0.25, -0.2) is 8.78 Å². The Balaban J connectivity index is 2.98. The molecule has 0 bridgehead atoms. The highest BCUT2D eigenvalue weighted by Crippen LogP contribution is 2.26. The lowest BCUT2D eigenvalue weighted by molar-refractivity contribution is -0.138. The molecule has 0 aliphatic heterocycles. The molecule has 0 heterocycles. The molecule has 0 aromatic heterocycles. The molecule has 94 valence electrons. The number of halogens is 2. The van der Waals surface area contributed by atoms with Gasteiger partial charge in [-0.1, -0.05) is 0 Å². The minimum Gasteiger partial charge on any atom is -0.481 e. The van der Waals surface area contributed by atoms with Crippen LogP contribution >= 0.6 is 0 Å². The minimum absolute atomic E-state index is 0.0947. The largest absolute Gasteiger partial charge is 0.481 e. The summed E-state index contributed by atoms with van der Waals surface area (Å²) in [6.45, 7) is 3.45. The average molecular weight is 243 g/mol. The number of nitrogens with zero attached hydrogens (tertiary/aromatic N) is 1. The highest BCUT2D eigenvalue weighted by atomic mass is 19.2. The molecule has 1 rings (SSSR count). The van der Waals surface area contributed by atoms with Gasteiger partial charge in [-0.05, 0) is 26.0 Å². The van der Waals surface area contributed by atoms with Gasteiger partial charge in [0.25, 0.3) is 0 Å². The monoisotopic (exact) mass is 243 g/mol. The van der Waals surface area contributed by atoms with E-state index in [1.165, 1.54) is 6.07 Å². The van der Waals surface area contributed by atoms with Crippen molar-refractivity contribution in [2.75, 3.05) is 11.9 Å². The summed E-state index contributed by atoms with van der Waals surface area (Å²) in [7, 11) is 1.65. The lowest BCUT2D eigenvalue weighted by atomic mass is 9.98. The SMILES string of the molecule is CN(c1ccc(F)c(F)c1)C(C)(C)CC(=O)O. The van der Waals surface area contributed by atoms with Crippen molar-refractivity contribution in [3.05, 3.63) is 29.8 Å². The predicted molar refractivity (Wildman–Crippen MR) is 61.1 cm³/mol. The second-order valence-corrected chi connectivity index (χ2v) is 4.54. The van der Waals surface area contributed by atoms with Gasteiger partial charge in [0.2, 0.25) is 0 Å². The predicted octanol–water partition coefficient (Wildman–Crippen LogP) is 2.65. The molecule has 0 aliphatic carbocycles. The van der Waals surface area contributed by atoms with E-state index in [1.54, 1.807) is 25.8 Å². The van der Waals surface area contributed by atoms with E-state index in [1.807, 2.05) is 0 Å². The number of carbonyl (C=O) groups is 1. The van der Waals surface area contributed by atoms with Crippen LogP contribution in [0, 0.1) is 11.6 Å². The standard InChI is InChI=1S/C12H15F2NO2/c1-12(2,7-11(16)17)15(3)8-4-5-9(13)10(14)6-8/h4-6H,7H2,1-3H3,(H,16,17). The molecule has 0 radical (unpaired) electrons. The lowest BCUT2D eigenvalue weighted by Crippen LogP contribution is -2.43. The Morgan fingerprint density at radius 1 is 1.35 bits per heavy atom. The first-order valence-electron chi connectivity index (χ1n) is 5.15. The zero-order chi connectivity index (χ0) is 13.2. The van der Waals surface area contributed by atoms with Crippen LogP contribution < -0.4 is 4.90 Å². The van der Waals surface area contributed by atoms with Crippen LogP contribution in [-0.2, 0) is 4.79 Å². The molecule has 0 aliphatic rings. The van der Waals surface area contributed by atoms with Crippen molar-refractivity contribution < 1.29 is 18.7 Å². The number of benzene rings is 1. The fourth-order valence-electron chi connectivity index (χ4n) is 1.53. The van der Waals surface area contributed by atoms with Crippen LogP contribution in [0.4, 0.5) is 14.5 Å². The highest BCUT2D eigenvalue weighted by Gasteiger charge is 2.27. The molecule has 3 nitrogen and oxygen atoms in total. The summed E-state index contributed by atoms with van der Waals surface area (Å²) in [5.41, 5.74) is -0.244. The third-order valence-corrected chi connectivity index (χ3v) is 2.78. The molecule has 1 aromatic rings. The molecule has 0 saturated carbocycles. The second-order valence-electron chi connectivity index (χ2n) is 4.54. The maximum Gasteiger partial charge on any atom is 0.305 e. The van der Waals surface area contributed by atoms with Crippen molar-refractivity contribution in [2.24, 2.45) is 0 Å². The summed E-state index contributed by atoms with van der Waals surface area (Å²) in [5.74, 6) is -2.80. The van der Waals surface area contributed by atoms with Gasteiger partial charge in [-0.3, -0.25) is 4.79 Å². The molecule has 17 heavy (non-hydrogen) atoms. The van der Waals surface area contributed by atoms with E-state index < -0.39 is 23.1 Å².